The fraction of sp³-hybridized carbons (Fsp3) is 0.556. The Balaban J connectivity index is -0.000000403. The molecule has 5 heteroatoms. The monoisotopic (exact) mass is 308 g/mol. The normalized spacial score (nSPS) is 19.9. The Morgan fingerprint density at radius 2 is 1.43 bits per heavy atom. The average molecular weight is 310 g/mol. The van der Waals surface area contributed by atoms with Gasteiger partial charge in [-0.1, -0.05) is 0 Å². The zero-order chi connectivity index (χ0) is 8.59. The molecule has 0 spiro atoms. The molecular formula is C9H19Cl3SiTi. The summed E-state index contributed by atoms with van der Waals surface area (Å²) in [5, 5.41) is 0. The van der Waals surface area contributed by atoms with E-state index in [1.54, 1.807) is 16.7 Å². The first-order valence-corrected chi connectivity index (χ1v) is 10.6. The van der Waals surface area contributed by atoms with Gasteiger partial charge >= 0.3 is 80.7 Å². The Bertz CT molecular complexity index is 248. The second-order valence-corrected chi connectivity index (χ2v) is 7.00. The molecule has 0 amide bonds. The predicted molar refractivity (Wildman–Crippen MR) is 71.9 cm³/mol. The summed E-state index contributed by atoms with van der Waals surface area (Å²) in [6.45, 7) is 9.24. The van der Waals surface area contributed by atoms with Crippen LogP contribution in [0.25, 0.3) is 0 Å². The van der Waals surface area contributed by atoms with Gasteiger partial charge in [0.05, 0.1) is 0 Å². The minimum atomic E-state index is 0. The van der Waals surface area contributed by atoms with E-state index in [1.165, 1.54) is 8.11 Å². The van der Waals surface area contributed by atoms with Crippen LogP contribution in [0.15, 0.2) is 20.6 Å². The third-order valence-corrected chi connectivity index (χ3v) is 7.23. The van der Waals surface area contributed by atoms with Gasteiger partial charge in [0.15, 0.2) is 0 Å². The molecule has 1 unspecified atom stereocenters. The standard InChI is InChI=1S/C9H13.3ClH.H3Si.Ti/c1-6-5-7(2)9(4)8(6)3;;;;;/h6H,1-4H3;3*1H;1H3;. The van der Waals surface area contributed by atoms with E-state index in [1.807, 2.05) is 3.88 Å². The molecule has 1 aliphatic rings. The van der Waals surface area contributed by atoms with Crippen molar-refractivity contribution in [3.8, 4) is 0 Å². The largest absolute Gasteiger partial charge is 0.147 e. The molecule has 0 fully saturated rings. The molecule has 0 saturated carbocycles. The summed E-state index contributed by atoms with van der Waals surface area (Å²) in [5.74, 6) is 0.799. The molecule has 14 heavy (non-hydrogen) atoms. The van der Waals surface area contributed by atoms with Gasteiger partial charge < -0.3 is 0 Å². The molecule has 0 saturated heterocycles. The van der Waals surface area contributed by atoms with Gasteiger partial charge in [0.2, 0.25) is 0 Å². The zero-order valence-corrected chi connectivity index (χ0v) is 15.3. The number of halogens is 3. The van der Waals surface area contributed by atoms with Crippen LogP contribution in [0.2, 0.25) is 0 Å². The maximum Gasteiger partial charge on any atom is -0.147 e. The van der Waals surface area contributed by atoms with E-state index in [9.17, 15) is 0 Å². The van der Waals surface area contributed by atoms with Crippen LogP contribution in [0.4, 0.5) is 0 Å². The molecule has 0 heterocycles. The van der Waals surface area contributed by atoms with Gasteiger partial charge in [-0.15, -0.1) is 37.2 Å². The van der Waals surface area contributed by atoms with Crippen molar-refractivity contribution in [3.63, 3.8) is 0 Å². The molecule has 1 rings (SSSR count). The first-order valence-electron chi connectivity index (χ1n) is 4.15. The zero-order valence-electron chi connectivity index (χ0n) is 9.30. The summed E-state index contributed by atoms with van der Waals surface area (Å²) in [7, 11) is 1.43. The topological polar surface area (TPSA) is 0 Å². The number of hydrogen-bond acceptors (Lipinski definition) is 0. The smallest absolute Gasteiger partial charge is 0.147 e. The van der Waals surface area contributed by atoms with Gasteiger partial charge in [0.25, 0.3) is 0 Å². The summed E-state index contributed by atoms with van der Waals surface area (Å²) < 4.78 is 1.83. The third-order valence-electron chi connectivity index (χ3n) is 2.91. The summed E-state index contributed by atoms with van der Waals surface area (Å²) in [5.41, 5.74) is 4.83. The van der Waals surface area contributed by atoms with Crippen LogP contribution in [0.3, 0.4) is 0 Å². The molecule has 0 bridgehead atoms. The number of rotatable bonds is 1. The summed E-state index contributed by atoms with van der Waals surface area (Å²) >= 11 is 0.323. The predicted octanol–water partition coefficient (Wildman–Crippen LogP) is 2.87. The van der Waals surface area contributed by atoms with Crippen molar-refractivity contribution in [1.29, 1.82) is 0 Å². The van der Waals surface area contributed by atoms with Crippen LogP contribution >= 0.6 is 37.2 Å². The van der Waals surface area contributed by atoms with Gasteiger partial charge in [-0.25, -0.2) is 0 Å². The fourth-order valence-electron chi connectivity index (χ4n) is 1.77. The molecule has 0 nitrogen and oxygen atoms in total. The van der Waals surface area contributed by atoms with Crippen molar-refractivity contribution in [2.75, 3.05) is 0 Å². The minimum Gasteiger partial charge on any atom is -0.147 e. The molecular weight excluding hydrogens is 290 g/mol. The summed E-state index contributed by atoms with van der Waals surface area (Å²) in [6, 6.07) is 0. The van der Waals surface area contributed by atoms with Gasteiger partial charge in [-0.2, -0.15) is 0 Å². The second kappa shape index (κ2) is 8.44. The van der Waals surface area contributed by atoms with E-state index in [4.69, 9.17) is 0 Å². The van der Waals surface area contributed by atoms with Crippen LogP contribution in [0, 0.1) is 5.92 Å². The Labute approximate surface area is 117 Å². The molecule has 1 aliphatic carbocycles. The summed E-state index contributed by atoms with van der Waals surface area (Å²) in [6.07, 6.45) is 0. The van der Waals surface area contributed by atoms with Gasteiger partial charge in [-0.05, 0) is 0 Å². The Kier molecular flexibility index (Phi) is 12.4. The first kappa shape index (κ1) is 20.7. The Hall–Kier alpha value is 1.28. The van der Waals surface area contributed by atoms with E-state index in [-0.39, 0.29) is 37.2 Å². The molecule has 0 aliphatic heterocycles. The van der Waals surface area contributed by atoms with Crippen molar-refractivity contribution in [2.24, 2.45) is 5.92 Å². The van der Waals surface area contributed by atoms with Crippen LogP contribution in [-0.4, -0.2) is 8.11 Å². The first-order chi connectivity index (χ1) is 5.09. The van der Waals surface area contributed by atoms with Crippen LogP contribution < -0.4 is 0 Å². The summed E-state index contributed by atoms with van der Waals surface area (Å²) in [4.78, 5) is 0. The molecule has 84 valence electrons. The number of hydrogen-bond donors (Lipinski definition) is 0. The maximum absolute atomic E-state index is 2.37. The van der Waals surface area contributed by atoms with Crippen molar-refractivity contribution in [1.82, 2.24) is 0 Å². The van der Waals surface area contributed by atoms with Crippen LogP contribution in [0.5, 0.6) is 0 Å². The molecule has 0 radical (unpaired) electrons. The maximum atomic E-state index is 2.37. The van der Waals surface area contributed by atoms with E-state index >= 15 is 0 Å². The molecule has 0 aromatic heterocycles. The van der Waals surface area contributed by atoms with Crippen LogP contribution in [0.1, 0.15) is 27.7 Å². The molecule has 0 aromatic rings. The quantitative estimate of drug-likeness (QED) is 0.653. The average Bonchev–Trinajstić information content (AvgIpc) is 2.17. The van der Waals surface area contributed by atoms with E-state index < -0.39 is 0 Å². The molecule has 0 aromatic carbocycles. The SMILES string of the molecule is CC1=C(C)C(C)[C]([Ti][SiH3])=C1C.Cl.Cl.Cl. The van der Waals surface area contributed by atoms with Crippen molar-refractivity contribution in [2.45, 2.75) is 27.7 Å². The fourth-order valence-corrected chi connectivity index (χ4v) is 6.99. The van der Waals surface area contributed by atoms with E-state index in [2.05, 4.69) is 27.7 Å². The Morgan fingerprint density at radius 1 is 1.00 bits per heavy atom. The number of allylic oxidation sites excluding steroid dienone is 4. The van der Waals surface area contributed by atoms with Gasteiger partial charge in [0, 0.05) is 0 Å². The second-order valence-electron chi connectivity index (χ2n) is 3.32. The van der Waals surface area contributed by atoms with Gasteiger partial charge in [-0.3, -0.25) is 0 Å². The molecule has 1 atom stereocenters. The third kappa shape index (κ3) is 3.70. The van der Waals surface area contributed by atoms with Gasteiger partial charge in [0.1, 0.15) is 0 Å². The van der Waals surface area contributed by atoms with E-state index in [0.29, 0.717) is 18.4 Å². The minimum absolute atomic E-state index is 0. The Morgan fingerprint density at radius 3 is 1.57 bits per heavy atom. The van der Waals surface area contributed by atoms with Crippen molar-refractivity contribution < 1.29 is 18.4 Å². The molecule has 0 N–H and O–H groups in total. The van der Waals surface area contributed by atoms with Crippen molar-refractivity contribution >= 4 is 45.3 Å². The van der Waals surface area contributed by atoms with Crippen molar-refractivity contribution in [3.05, 3.63) is 20.6 Å². The van der Waals surface area contributed by atoms with E-state index in [0.717, 1.165) is 5.92 Å². The van der Waals surface area contributed by atoms with Crippen LogP contribution in [-0.2, 0) is 18.4 Å².